The average molecular weight is 224 g/mol. The van der Waals surface area contributed by atoms with Crippen LogP contribution in [0.5, 0.6) is 0 Å². The number of carbonyl (C=O) groups excluding carboxylic acids is 1. The Morgan fingerprint density at radius 1 is 1.31 bits per heavy atom. The Morgan fingerprint density at radius 2 is 1.75 bits per heavy atom. The van der Waals surface area contributed by atoms with Gasteiger partial charge in [0, 0.05) is 0 Å². The molecule has 0 spiro atoms. The maximum atomic E-state index is 10.1. The highest BCUT2D eigenvalue weighted by molar-refractivity contribution is 5.47. The van der Waals surface area contributed by atoms with E-state index in [9.17, 15) is 4.79 Å². The maximum Gasteiger partial charge on any atom is 0.207 e. The van der Waals surface area contributed by atoms with Crippen molar-refractivity contribution in [2.75, 3.05) is 6.54 Å². The van der Waals surface area contributed by atoms with Crippen LogP contribution in [0.4, 0.5) is 0 Å². The van der Waals surface area contributed by atoms with E-state index in [1.165, 1.54) is 0 Å². The lowest BCUT2D eigenvalue weighted by Crippen LogP contribution is -2.15. The molecule has 3 N–H and O–H groups in total. The van der Waals surface area contributed by atoms with Crippen molar-refractivity contribution < 1.29 is 4.79 Å². The minimum Gasteiger partial charge on any atom is -0.352 e. The summed E-state index contributed by atoms with van der Waals surface area (Å²) in [4.78, 5) is 10.1. The van der Waals surface area contributed by atoms with E-state index in [0.29, 0.717) is 0 Å². The van der Waals surface area contributed by atoms with E-state index in [-0.39, 0.29) is 6.04 Å². The van der Waals surface area contributed by atoms with Gasteiger partial charge in [0.1, 0.15) is 0 Å². The van der Waals surface area contributed by atoms with Crippen LogP contribution < -0.4 is 11.1 Å². The van der Waals surface area contributed by atoms with E-state index in [2.05, 4.69) is 5.32 Å². The highest BCUT2D eigenvalue weighted by Crippen LogP contribution is 2.09. The number of hydrogen-bond donors (Lipinski definition) is 2. The Balaban J connectivity index is 0. The van der Waals surface area contributed by atoms with E-state index >= 15 is 0 Å². The second-order valence-corrected chi connectivity index (χ2v) is 2.83. The van der Waals surface area contributed by atoms with Gasteiger partial charge in [-0.3, -0.25) is 4.79 Å². The second-order valence-electron chi connectivity index (χ2n) is 2.83. The predicted octanol–water partition coefficient (Wildman–Crippen LogP) is 2.48. The van der Waals surface area contributed by atoms with Crippen LogP contribution in [0.3, 0.4) is 0 Å². The standard InChI is InChI=1S/C9H11NO.C2H7N.C2H6/c1-8(10-7-11)9-5-3-2-4-6-9;1-2-3;1-2/h2-8H,1H3,(H,10,11);2-3H2,1H3;1-2H3. The van der Waals surface area contributed by atoms with Gasteiger partial charge in [-0.2, -0.15) is 0 Å². The lowest BCUT2D eigenvalue weighted by Gasteiger charge is -2.08. The Bertz CT molecular complexity index is 237. The van der Waals surface area contributed by atoms with Crippen molar-refractivity contribution in [3.63, 3.8) is 0 Å². The van der Waals surface area contributed by atoms with Crippen molar-refractivity contribution in [3.05, 3.63) is 35.9 Å². The fourth-order valence-electron chi connectivity index (χ4n) is 0.940. The molecule has 3 heteroatoms. The van der Waals surface area contributed by atoms with Gasteiger partial charge in [-0.1, -0.05) is 51.1 Å². The predicted molar refractivity (Wildman–Crippen MR) is 70.1 cm³/mol. The largest absolute Gasteiger partial charge is 0.352 e. The van der Waals surface area contributed by atoms with E-state index in [4.69, 9.17) is 5.73 Å². The lowest BCUT2D eigenvalue weighted by atomic mass is 10.1. The molecule has 0 aliphatic rings. The number of carbonyl (C=O) groups is 1. The number of benzene rings is 1. The number of nitrogens with two attached hydrogens (primary N) is 1. The molecule has 1 amide bonds. The quantitative estimate of drug-likeness (QED) is 0.775. The minimum absolute atomic E-state index is 0.105. The molecule has 1 rings (SSSR count). The number of nitrogens with one attached hydrogen (secondary N) is 1. The Labute approximate surface area is 99.0 Å². The minimum atomic E-state index is 0.105. The number of hydrogen-bond acceptors (Lipinski definition) is 2. The van der Waals surface area contributed by atoms with E-state index in [1.54, 1.807) is 0 Å². The van der Waals surface area contributed by atoms with Gasteiger partial charge < -0.3 is 11.1 Å². The third-order valence-electron chi connectivity index (χ3n) is 1.62. The molecule has 1 aromatic carbocycles. The molecule has 3 nitrogen and oxygen atoms in total. The molecule has 1 unspecified atom stereocenters. The molecule has 0 radical (unpaired) electrons. The Morgan fingerprint density at radius 3 is 2.12 bits per heavy atom. The van der Waals surface area contributed by atoms with Gasteiger partial charge >= 0.3 is 0 Å². The monoisotopic (exact) mass is 224 g/mol. The molecule has 1 aromatic rings. The first-order valence-corrected chi connectivity index (χ1v) is 5.71. The van der Waals surface area contributed by atoms with E-state index in [0.717, 1.165) is 18.5 Å². The summed E-state index contributed by atoms with van der Waals surface area (Å²) in [6.45, 7) is 8.60. The van der Waals surface area contributed by atoms with Crippen molar-refractivity contribution in [2.24, 2.45) is 5.73 Å². The fraction of sp³-hybridized carbons (Fsp3) is 0.462. The van der Waals surface area contributed by atoms with Crippen molar-refractivity contribution in [1.29, 1.82) is 0 Å². The molecule has 0 saturated carbocycles. The van der Waals surface area contributed by atoms with Gasteiger partial charge in [-0.25, -0.2) is 0 Å². The van der Waals surface area contributed by atoms with Crippen LogP contribution in [0.15, 0.2) is 30.3 Å². The number of rotatable bonds is 3. The third-order valence-corrected chi connectivity index (χ3v) is 1.62. The first-order valence-electron chi connectivity index (χ1n) is 5.71. The normalized spacial score (nSPS) is 9.81. The summed E-state index contributed by atoms with van der Waals surface area (Å²) in [5.41, 5.74) is 5.97. The van der Waals surface area contributed by atoms with Crippen molar-refractivity contribution >= 4 is 6.41 Å². The third kappa shape index (κ3) is 9.21. The molecule has 0 bridgehead atoms. The van der Waals surface area contributed by atoms with Gasteiger partial charge in [0.15, 0.2) is 0 Å². The lowest BCUT2D eigenvalue weighted by molar-refractivity contribution is -0.110. The van der Waals surface area contributed by atoms with Gasteiger partial charge in [0.2, 0.25) is 6.41 Å². The van der Waals surface area contributed by atoms with Crippen LogP contribution in [0.1, 0.15) is 39.3 Å². The first kappa shape index (κ1) is 17.1. The molecule has 0 aliphatic heterocycles. The van der Waals surface area contributed by atoms with Gasteiger partial charge in [-0.15, -0.1) is 0 Å². The highest BCUT2D eigenvalue weighted by atomic mass is 16.1. The smallest absolute Gasteiger partial charge is 0.207 e. The molecular formula is C13H24N2O. The highest BCUT2D eigenvalue weighted by Gasteiger charge is 1.99. The molecule has 0 aromatic heterocycles. The molecule has 0 fully saturated rings. The molecule has 92 valence electrons. The SMILES string of the molecule is CC.CC(NC=O)c1ccccc1.CCN. The Kier molecular flexibility index (Phi) is 14.6. The van der Waals surface area contributed by atoms with Crippen LogP contribution in [0.2, 0.25) is 0 Å². The van der Waals surface area contributed by atoms with Gasteiger partial charge in [0.05, 0.1) is 6.04 Å². The summed E-state index contributed by atoms with van der Waals surface area (Å²) in [5.74, 6) is 0. The summed E-state index contributed by atoms with van der Waals surface area (Å²) >= 11 is 0. The van der Waals surface area contributed by atoms with Crippen LogP contribution in [0, 0.1) is 0 Å². The second kappa shape index (κ2) is 13.7. The van der Waals surface area contributed by atoms with Crippen molar-refractivity contribution in [3.8, 4) is 0 Å². The molecule has 0 heterocycles. The maximum absolute atomic E-state index is 10.1. The summed E-state index contributed by atoms with van der Waals surface area (Å²) < 4.78 is 0. The topological polar surface area (TPSA) is 55.1 Å². The van der Waals surface area contributed by atoms with Crippen LogP contribution in [-0.2, 0) is 4.79 Å². The molecule has 0 saturated heterocycles. The molecular weight excluding hydrogens is 200 g/mol. The summed E-state index contributed by atoms with van der Waals surface area (Å²) in [6, 6.07) is 9.95. The summed E-state index contributed by atoms with van der Waals surface area (Å²) in [6.07, 6.45) is 0.720. The van der Waals surface area contributed by atoms with E-state index in [1.807, 2.05) is 58.0 Å². The van der Waals surface area contributed by atoms with Crippen molar-refractivity contribution in [1.82, 2.24) is 5.32 Å². The number of amides is 1. The van der Waals surface area contributed by atoms with Gasteiger partial charge in [0.25, 0.3) is 0 Å². The zero-order valence-corrected chi connectivity index (χ0v) is 10.7. The first-order chi connectivity index (χ1) is 7.76. The summed E-state index contributed by atoms with van der Waals surface area (Å²) in [7, 11) is 0. The van der Waals surface area contributed by atoms with E-state index < -0.39 is 0 Å². The fourth-order valence-corrected chi connectivity index (χ4v) is 0.940. The zero-order chi connectivity index (χ0) is 12.8. The Hall–Kier alpha value is -1.35. The van der Waals surface area contributed by atoms with Crippen molar-refractivity contribution in [2.45, 2.75) is 33.7 Å². The zero-order valence-electron chi connectivity index (χ0n) is 10.7. The van der Waals surface area contributed by atoms with Crippen LogP contribution in [-0.4, -0.2) is 13.0 Å². The van der Waals surface area contributed by atoms with Crippen LogP contribution in [0.25, 0.3) is 0 Å². The van der Waals surface area contributed by atoms with Crippen LogP contribution >= 0.6 is 0 Å². The summed E-state index contributed by atoms with van der Waals surface area (Å²) in [5, 5.41) is 2.68. The molecule has 16 heavy (non-hydrogen) atoms. The molecule has 0 aliphatic carbocycles. The van der Waals surface area contributed by atoms with Gasteiger partial charge in [-0.05, 0) is 19.0 Å². The average Bonchev–Trinajstić information content (AvgIpc) is 2.34. The molecule has 1 atom stereocenters.